The number of ether oxygens (including phenoxy) is 3. The molecule has 11 heteroatoms. The van der Waals surface area contributed by atoms with E-state index in [4.69, 9.17) is 14.2 Å². The van der Waals surface area contributed by atoms with Crippen LogP contribution in [0, 0.1) is 5.82 Å². The lowest BCUT2D eigenvalue weighted by Gasteiger charge is -2.30. The summed E-state index contributed by atoms with van der Waals surface area (Å²) in [5.41, 5.74) is 2.36. The van der Waals surface area contributed by atoms with E-state index in [1.807, 2.05) is 6.92 Å². The average molecular weight is 493 g/mol. The fourth-order valence-corrected chi connectivity index (χ4v) is 3.69. The number of carbonyl (C=O) groups is 2. The minimum Gasteiger partial charge on any atom is -0.492 e. The number of aromatic nitrogens is 2. The van der Waals surface area contributed by atoms with Crippen molar-refractivity contribution in [1.82, 2.24) is 15.0 Å². The fraction of sp³-hybridized carbons (Fsp3) is 0.240. The van der Waals surface area contributed by atoms with Crippen LogP contribution in [-0.4, -0.2) is 53.0 Å². The van der Waals surface area contributed by atoms with E-state index >= 15 is 0 Å². The number of benzene rings is 2. The first-order valence-corrected chi connectivity index (χ1v) is 11.1. The molecule has 0 saturated carbocycles. The molecule has 3 aromatic rings. The van der Waals surface area contributed by atoms with E-state index in [9.17, 15) is 14.0 Å². The Hall–Kier alpha value is -4.54. The van der Waals surface area contributed by atoms with Crippen molar-refractivity contribution in [1.29, 1.82) is 0 Å². The number of hydrogen-bond acceptors (Lipinski definition) is 8. The topological polar surface area (TPSA) is 115 Å². The van der Waals surface area contributed by atoms with Crippen LogP contribution in [0.3, 0.4) is 0 Å². The molecule has 2 aromatic carbocycles. The molecule has 0 bridgehead atoms. The van der Waals surface area contributed by atoms with Crippen LogP contribution in [0.5, 0.6) is 11.5 Å². The third-order valence-corrected chi connectivity index (χ3v) is 5.45. The number of halogens is 1. The minimum absolute atomic E-state index is 0.0601. The number of cyclic esters (lactones) is 1. The quantitative estimate of drug-likeness (QED) is 0.504. The van der Waals surface area contributed by atoms with Gasteiger partial charge in [0.15, 0.2) is 17.3 Å². The second-order valence-electron chi connectivity index (χ2n) is 7.73. The predicted molar refractivity (Wildman–Crippen MR) is 129 cm³/mol. The smallest absolute Gasteiger partial charge is 0.431 e. The van der Waals surface area contributed by atoms with Crippen LogP contribution in [0.25, 0.3) is 0 Å². The monoisotopic (exact) mass is 493 g/mol. The molecule has 186 valence electrons. The maximum atomic E-state index is 14.2. The highest BCUT2D eigenvalue weighted by Crippen LogP contribution is 2.36. The van der Waals surface area contributed by atoms with Crippen molar-refractivity contribution < 1.29 is 28.2 Å². The molecule has 2 heterocycles. The molecular formula is C25H24FN5O5. The number of nitrogens with zero attached hydrogens (tertiary/aromatic N) is 4. The van der Waals surface area contributed by atoms with Gasteiger partial charge >= 0.3 is 6.09 Å². The number of amides is 2. The van der Waals surface area contributed by atoms with E-state index in [1.54, 1.807) is 24.3 Å². The van der Waals surface area contributed by atoms with Crippen LogP contribution in [0.2, 0.25) is 0 Å². The number of methoxy groups -OCH3 is 2. The normalized spacial score (nSPS) is 15.1. The molecule has 1 aromatic heterocycles. The SMILES string of the molecule is CCC1OC(=O)N(Cc2ccc(NC(=O)c3cnccn3)cc2)N=C1c1ccc(F)c(OC)c1OC. The lowest BCUT2D eigenvalue weighted by Crippen LogP contribution is -2.41. The Morgan fingerprint density at radius 3 is 2.50 bits per heavy atom. The Morgan fingerprint density at radius 2 is 1.86 bits per heavy atom. The standard InChI is InChI=1S/C25H24FN5O5/c1-4-20-21(17-9-10-18(26)23(35-3)22(17)34-2)30-31(25(33)36-20)14-15-5-7-16(8-6-15)29-24(32)19-13-27-11-12-28-19/h5-13,20H,4,14H2,1-3H3,(H,29,32). The molecule has 1 aliphatic heterocycles. The summed E-state index contributed by atoms with van der Waals surface area (Å²) in [6.45, 7) is 1.96. The van der Waals surface area contributed by atoms with Crippen molar-refractivity contribution in [2.24, 2.45) is 5.10 Å². The van der Waals surface area contributed by atoms with Gasteiger partial charge in [-0.25, -0.2) is 14.2 Å². The van der Waals surface area contributed by atoms with Gasteiger partial charge in [0.25, 0.3) is 5.91 Å². The van der Waals surface area contributed by atoms with E-state index in [1.165, 1.54) is 50.0 Å². The van der Waals surface area contributed by atoms with Crippen LogP contribution in [0.1, 0.15) is 35.0 Å². The molecule has 0 spiro atoms. The third kappa shape index (κ3) is 5.09. The zero-order valence-electron chi connectivity index (χ0n) is 19.9. The minimum atomic E-state index is -0.642. The second kappa shape index (κ2) is 10.8. The molecule has 2 amide bonds. The Labute approximate surface area is 206 Å². The van der Waals surface area contributed by atoms with Gasteiger partial charge in [-0.15, -0.1) is 0 Å². The van der Waals surface area contributed by atoms with Crippen LogP contribution in [0.4, 0.5) is 14.9 Å². The summed E-state index contributed by atoms with van der Waals surface area (Å²) >= 11 is 0. The van der Waals surface area contributed by atoms with Gasteiger partial charge in [-0.3, -0.25) is 9.78 Å². The second-order valence-corrected chi connectivity index (χ2v) is 7.73. The molecule has 10 nitrogen and oxygen atoms in total. The van der Waals surface area contributed by atoms with E-state index in [0.717, 1.165) is 5.56 Å². The summed E-state index contributed by atoms with van der Waals surface area (Å²) in [5, 5.41) is 8.46. The Kier molecular flexibility index (Phi) is 7.38. The molecule has 0 saturated heterocycles. The molecule has 36 heavy (non-hydrogen) atoms. The Morgan fingerprint density at radius 1 is 1.11 bits per heavy atom. The first-order chi connectivity index (χ1) is 17.4. The molecule has 1 atom stereocenters. The largest absolute Gasteiger partial charge is 0.492 e. The van der Waals surface area contributed by atoms with Crippen molar-refractivity contribution in [3.05, 3.63) is 77.6 Å². The van der Waals surface area contributed by atoms with Crippen molar-refractivity contribution in [2.45, 2.75) is 26.0 Å². The molecule has 0 aliphatic carbocycles. The van der Waals surface area contributed by atoms with E-state index in [2.05, 4.69) is 20.4 Å². The summed E-state index contributed by atoms with van der Waals surface area (Å²) in [5.74, 6) is -0.868. The summed E-state index contributed by atoms with van der Waals surface area (Å²) in [4.78, 5) is 32.8. The number of rotatable bonds is 8. The molecule has 0 radical (unpaired) electrons. The van der Waals surface area contributed by atoms with Gasteiger partial charge in [0.05, 0.1) is 27.0 Å². The van der Waals surface area contributed by atoms with Gasteiger partial charge < -0.3 is 19.5 Å². The predicted octanol–water partition coefficient (Wildman–Crippen LogP) is 4.02. The zero-order valence-corrected chi connectivity index (χ0v) is 19.9. The first kappa shape index (κ1) is 24.6. The maximum Gasteiger partial charge on any atom is 0.431 e. The van der Waals surface area contributed by atoms with Crippen molar-refractivity contribution in [2.75, 3.05) is 19.5 Å². The maximum absolute atomic E-state index is 14.2. The van der Waals surface area contributed by atoms with E-state index in [0.29, 0.717) is 23.4 Å². The number of anilines is 1. The van der Waals surface area contributed by atoms with Gasteiger partial charge in [-0.2, -0.15) is 10.1 Å². The van der Waals surface area contributed by atoms with Crippen LogP contribution >= 0.6 is 0 Å². The molecular weight excluding hydrogens is 469 g/mol. The highest BCUT2D eigenvalue weighted by molar-refractivity contribution is 6.08. The first-order valence-electron chi connectivity index (χ1n) is 11.1. The summed E-state index contributed by atoms with van der Waals surface area (Å²) < 4.78 is 30.4. The van der Waals surface area contributed by atoms with Crippen molar-refractivity contribution in [3.63, 3.8) is 0 Å². The van der Waals surface area contributed by atoms with Gasteiger partial charge in [0.1, 0.15) is 17.5 Å². The van der Waals surface area contributed by atoms with Gasteiger partial charge in [0.2, 0.25) is 0 Å². The highest BCUT2D eigenvalue weighted by Gasteiger charge is 2.33. The highest BCUT2D eigenvalue weighted by atomic mass is 19.1. The van der Waals surface area contributed by atoms with E-state index < -0.39 is 18.0 Å². The third-order valence-electron chi connectivity index (χ3n) is 5.45. The van der Waals surface area contributed by atoms with Crippen LogP contribution in [-0.2, 0) is 11.3 Å². The van der Waals surface area contributed by atoms with Crippen molar-refractivity contribution in [3.8, 4) is 11.5 Å². The summed E-state index contributed by atoms with van der Waals surface area (Å²) in [7, 11) is 2.75. The zero-order chi connectivity index (χ0) is 25.7. The van der Waals surface area contributed by atoms with Gasteiger partial charge in [-0.1, -0.05) is 19.1 Å². The molecule has 0 fully saturated rings. The van der Waals surface area contributed by atoms with Gasteiger partial charge in [-0.05, 0) is 36.2 Å². The van der Waals surface area contributed by atoms with Crippen LogP contribution in [0.15, 0.2) is 60.1 Å². The lowest BCUT2D eigenvalue weighted by molar-refractivity contribution is 0.0711. The Bertz CT molecular complexity index is 1280. The molecule has 4 rings (SSSR count). The Balaban J connectivity index is 1.57. The van der Waals surface area contributed by atoms with E-state index in [-0.39, 0.29) is 29.6 Å². The number of hydrogen-bond donors (Lipinski definition) is 1. The van der Waals surface area contributed by atoms with Crippen molar-refractivity contribution >= 4 is 23.4 Å². The van der Waals surface area contributed by atoms with Crippen LogP contribution < -0.4 is 14.8 Å². The molecule has 1 N–H and O–H groups in total. The fourth-order valence-electron chi connectivity index (χ4n) is 3.69. The molecule has 1 unspecified atom stereocenters. The molecule has 1 aliphatic rings. The number of hydrazone groups is 1. The number of carbonyl (C=O) groups excluding carboxylic acids is 2. The lowest BCUT2D eigenvalue weighted by atomic mass is 10.0. The summed E-state index contributed by atoms with van der Waals surface area (Å²) in [6, 6.07) is 9.67. The van der Waals surface area contributed by atoms with Gasteiger partial charge in [0, 0.05) is 23.6 Å². The average Bonchev–Trinajstić information content (AvgIpc) is 2.91. The number of nitrogens with one attached hydrogen (secondary N) is 1. The summed E-state index contributed by atoms with van der Waals surface area (Å²) in [6.07, 6.45) is 3.50.